The highest BCUT2D eigenvalue weighted by molar-refractivity contribution is 5.76. The number of rotatable bonds is 8. The molecule has 1 amide bonds. The van der Waals surface area contributed by atoms with Gasteiger partial charge in [-0.1, -0.05) is 65.5 Å². The second-order valence-corrected chi connectivity index (χ2v) is 8.60. The van der Waals surface area contributed by atoms with E-state index in [1.165, 1.54) is 25.7 Å². The topological polar surface area (TPSA) is 60.8 Å². The van der Waals surface area contributed by atoms with Crippen LogP contribution in [0.15, 0.2) is 18.2 Å². The molecule has 0 aromatic heterocycles. The van der Waals surface area contributed by atoms with E-state index in [1.54, 1.807) is 0 Å². The fraction of sp³-hybridized carbons (Fsp3) is 0.696. The van der Waals surface area contributed by atoms with Crippen molar-refractivity contribution in [3.8, 4) is 5.75 Å². The fourth-order valence-electron chi connectivity index (χ4n) is 4.13. The lowest BCUT2D eigenvalue weighted by Gasteiger charge is -2.38. The predicted octanol–water partition coefficient (Wildman–Crippen LogP) is 5.07. The Morgan fingerprint density at radius 3 is 2.59 bits per heavy atom. The number of hydrogen-bond acceptors (Lipinski definition) is 3. The summed E-state index contributed by atoms with van der Waals surface area (Å²) in [6, 6.07) is 5.66. The maximum atomic E-state index is 12.3. The smallest absolute Gasteiger partial charge is 0.222 e. The molecule has 152 valence electrons. The number of hydrogen-bond donors (Lipinski definition) is 2. The molecule has 1 saturated heterocycles. The summed E-state index contributed by atoms with van der Waals surface area (Å²) in [7, 11) is 0. The van der Waals surface area contributed by atoms with Gasteiger partial charge < -0.3 is 15.1 Å². The van der Waals surface area contributed by atoms with Gasteiger partial charge in [-0.2, -0.15) is 0 Å². The number of aromatic hydroxyl groups is 1. The lowest BCUT2D eigenvalue weighted by atomic mass is 9.79. The van der Waals surface area contributed by atoms with Crippen LogP contribution in [0.5, 0.6) is 5.75 Å². The van der Waals surface area contributed by atoms with Gasteiger partial charge in [0.25, 0.3) is 0 Å². The molecule has 0 bridgehead atoms. The van der Waals surface area contributed by atoms with Crippen molar-refractivity contribution >= 4 is 5.91 Å². The Kier molecular flexibility index (Phi) is 7.72. The molecule has 1 aliphatic heterocycles. The Labute approximate surface area is 164 Å². The molecule has 0 radical (unpaired) electrons. The van der Waals surface area contributed by atoms with Gasteiger partial charge in [-0.25, -0.2) is 0 Å². The van der Waals surface area contributed by atoms with Crippen LogP contribution in [0.4, 0.5) is 0 Å². The van der Waals surface area contributed by atoms with Crippen LogP contribution in [0.3, 0.4) is 0 Å². The first kappa shape index (κ1) is 21.7. The van der Waals surface area contributed by atoms with Crippen molar-refractivity contribution in [3.63, 3.8) is 0 Å². The van der Waals surface area contributed by atoms with Crippen LogP contribution in [0.2, 0.25) is 0 Å². The van der Waals surface area contributed by atoms with Crippen LogP contribution in [0, 0.1) is 0 Å². The Hall–Kier alpha value is -1.55. The molecular formula is C23H37NO3. The average molecular weight is 376 g/mol. The van der Waals surface area contributed by atoms with Crippen LogP contribution >= 0.6 is 0 Å². The van der Waals surface area contributed by atoms with Crippen molar-refractivity contribution in [2.24, 2.45) is 0 Å². The average Bonchev–Trinajstić information content (AvgIpc) is 2.64. The fourth-order valence-corrected chi connectivity index (χ4v) is 4.13. The summed E-state index contributed by atoms with van der Waals surface area (Å²) < 4.78 is 0. The van der Waals surface area contributed by atoms with E-state index in [2.05, 4.69) is 26.8 Å². The number of likely N-dealkylation sites (tertiary alicyclic amines) is 1. The molecule has 1 aromatic carbocycles. The van der Waals surface area contributed by atoms with E-state index in [0.29, 0.717) is 25.8 Å². The number of phenols is 1. The van der Waals surface area contributed by atoms with Gasteiger partial charge in [-0.05, 0) is 36.3 Å². The lowest BCUT2D eigenvalue weighted by Crippen LogP contribution is -2.42. The zero-order valence-electron chi connectivity index (χ0n) is 17.5. The number of carbonyl (C=O) groups is 1. The summed E-state index contributed by atoms with van der Waals surface area (Å²) in [5.74, 6) is 0.314. The molecule has 2 atom stereocenters. The van der Waals surface area contributed by atoms with E-state index < -0.39 is 6.10 Å². The molecule has 1 heterocycles. The first-order valence-electron chi connectivity index (χ1n) is 10.6. The van der Waals surface area contributed by atoms with Gasteiger partial charge in [-0.3, -0.25) is 4.79 Å². The van der Waals surface area contributed by atoms with E-state index >= 15 is 0 Å². The minimum atomic E-state index is -0.426. The van der Waals surface area contributed by atoms with Gasteiger partial charge in [0.1, 0.15) is 5.75 Å². The Morgan fingerprint density at radius 1 is 1.22 bits per heavy atom. The Morgan fingerprint density at radius 2 is 1.96 bits per heavy atom. The monoisotopic (exact) mass is 375 g/mol. The highest BCUT2D eigenvalue weighted by atomic mass is 16.3. The second kappa shape index (κ2) is 9.59. The zero-order valence-corrected chi connectivity index (χ0v) is 17.5. The van der Waals surface area contributed by atoms with Crippen molar-refractivity contribution < 1.29 is 15.0 Å². The first-order valence-corrected chi connectivity index (χ1v) is 10.6. The van der Waals surface area contributed by atoms with Gasteiger partial charge >= 0.3 is 0 Å². The predicted molar refractivity (Wildman–Crippen MR) is 110 cm³/mol. The largest absolute Gasteiger partial charge is 0.508 e. The molecule has 4 heteroatoms. The van der Waals surface area contributed by atoms with Crippen molar-refractivity contribution in [1.82, 2.24) is 4.90 Å². The Balaban J connectivity index is 2.20. The number of carbonyl (C=O) groups excluding carboxylic acids is 1. The highest BCUT2D eigenvalue weighted by Crippen LogP contribution is 2.39. The molecule has 2 unspecified atom stereocenters. The van der Waals surface area contributed by atoms with Gasteiger partial charge in [0, 0.05) is 18.5 Å². The third-order valence-corrected chi connectivity index (χ3v) is 6.02. The molecule has 0 aliphatic carbocycles. The van der Waals surface area contributed by atoms with Gasteiger partial charge in [-0.15, -0.1) is 0 Å². The molecule has 1 aliphatic rings. The molecule has 4 nitrogen and oxygen atoms in total. The standard InChI is InChI=1S/C23H37NO3/c1-5-7-8-9-13-23(3,4)17-10-11-19(21(26)15-17)20-16-18(25)12-14-24(20)22(27)6-2/h10-11,15,18,20,25-26H,5-9,12-14,16H2,1-4H3. The van der Waals surface area contributed by atoms with Gasteiger partial charge in [0.05, 0.1) is 12.1 Å². The number of phenolic OH excluding ortho intramolecular Hbond substituents is 1. The minimum absolute atomic E-state index is 0.00869. The number of aliphatic hydroxyl groups is 1. The maximum Gasteiger partial charge on any atom is 0.222 e. The van der Waals surface area contributed by atoms with Gasteiger partial charge in [0.2, 0.25) is 5.91 Å². The van der Waals surface area contributed by atoms with E-state index in [0.717, 1.165) is 17.5 Å². The highest BCUT2D eigenvalue weighted by Gasteiger charge is 2.33. The minimum Gasteiger partial charge on any atom is -0.508 e. The van der Waals surface area contributed by atoms with Gasteiger partial charge in [0.15, 0.2) is 0 Å². The summed E-state index contributed by atoms with van der Waals surface area (Å²) in [5.41, 5.74) is 1.89. The van der Waals surface area contributed by atoms with Crippen LogP contribution in [0.25, 0.3) is 0 Å². The van der Waals surface area contributed by atoms with E-state index in [4.69, 9.17) is 0 Å². The van der Waals surface area contributed by atoms with Crippen molar-refractivity contribution in [3.05, 3.63) is 29.3 Å². The summed E-state index contributed by atoms with van der Waals surface area (Å²) in [6.45, 7) is 9.07. The first-order chi connectivity index (χ1) is 12.8. The molecule has 2 rings (SSSR count). The van der Waals surface area contributed by atoms with E-state index in [9.17, 15) is 15.0 Å². The van der Waals surface area contributed by atoms with Crippen LogP contribution in [0.1, 0.15) is 96.2 Å². The Bertz CT molecular complexity index is 626. The molecular weight excluding hydrogens is 338 g/mol. The lowest BCUT2D eigenvalue weighted by molar-refractivity contribution is -0.136. The number of amides is 1. The number of piperidine rings is 1. The molecule has 0 spiro atoms. The number of aliphatic hydroxyl groups excluding tert-OH is 1. The molecule has 2 N–H and O–H groups in total. The summed E-state index contributed by atoms with van der Waals surface area (Å²) >= 11 is 0. The van der Waals surface area contributed by atoms with Crippen molar-refractivity contribution in [2.75, 3.05) is 6.54 Å². The number of unbranched alkanes of at least 4 members (excludes halogenated alkanes) is 3. The third kappa shape index (κ3) is 5.47. The zero-order chi connectivity index (χ0) is 20.0. The van der Waals surface area contributed by atoms with E-state index in [1.807, 2.05) is 24.0 Å². The number of benzene rings is 1. The summed E-state index contributed by atoms with van der Waals surface area (Å²) in [5, 5.41) is 20.9. The van der Waals surface area contributed by atoms with Crippen molar-refractivity contribution in [2.45, 2.75) is 96.6 Å². The molecule has 1 fully saturated rings. The van der Waals surface area contributed by atoms with Crippen LogP contribution in [-0.4, -0.2) is 33.7 Å². The van der Waals surface area contributed by atoms with E-state index in [-0.39, 0.29) is 23.1 Å². The molecule has 0 saturated carbocycles. The quantitative estimate of drug-likeness (QED) is 0.623. The number of nitrogens with zero attached hydrogens (tertiary/aromatic N) is 1. The normalized spacial score (nSPS) is 20.7. The SMILES string of the molecule is CCCCCCC(C)(C)c1ccc(C2CC(O)CCN2C(=O)CC)c(O)c1. The molecule has 1 aromatic rings. The summed E-state index contributed by atoms with van der Waals surface area (Å²) in [6.07, 6.45) is 7.14. The van der Waals surface area contributed by atoms with Crippen LogP contribution < -0.4 is 0 Å². The molecule has 27 heavy (non-hydrogen) atoms. The maximum absolute atomic E-state index is 12.3. The third-order valence-electron chi connectivity index (χ3n) is 6.02. The second-order valence-electron chi connectivity index (χ2n) is 8.60. The summed E-state index contributed by atoms with van der Waals surface area (Å²) in [4.78, 5) is 14.1. The van der Waals surface area contributed by atoms with Crippen LogP contribution in [-0.2, 0) is 10.2 Å². The van der Waals surface area contributed by atoms with Crippen molar-refractivity contribution in [1.29, 1.82) is 0 Å².